The Labute approximate surface area is 157 Å². The molecule has 0 bridgehead atoms. The Bertz CT molecular complexity index is 746. The summed E-state index contributed by atoms with van der Waals surface area (Å²) in [5, 5.41) is 12.3. The number of nitrogens with one attached hydrogen (secondary N) is 1. The van der Waals surface area contributed by atoms with Crippen LogP contribution in [-0.2, 0) is 4.79 Å². The summed E-state index contributed by atoms with van der Waals surface area (Å²) >= 11 is 1.39. The van der Waals surface area contributed by atoms with E-state index < -0.39 is 0 Å². The van der Waals surface area contributed by atoms with Crippen molar-refractivity contribution in [1.29, 1.82) is 0 Å². The van der Waals surface area contributed by atoms with E-state index in [1.165, 1.54) is 24.6 Å². The van der Waals surface area contributed by atoms with Crippen molar-refractivity contribution in [3.63, 3.8) is 0 Å². The van der Waals surface area contributed by atoms with Crippen LogP contribution in [0.1, 0.15) is 25.7 Å². The first-order chi connectivity index (χ1) is 12.7. The molecule has 6 nitrogen and oxygen atoms in total. The van der Waals surface area contributed by atoms with Crippen molar-refractivity contribution in [2.75, 3.05) is 20.0 Å². The van der Waals surface area contributed by atoms with Gasteiger partial charge in [0.2, 0.25) is 5.91 Å². The van der Waals surface area contributed by atoms with Crippen molar-refractivity contribution in [2.45, 2.75) is 36.8 Å². The number of hydrogen-bond donors (Lipinski definition) is 1. The van der Waals surface area contributed by atoms with E-state index in [0.29, 0.717) is 23.2 Å². The van der Waals surface area contributed by atoms with Gasteiger partial charge < -0.3 is 14.8 Å². The van der Waals surface area contributed by atoms with Gasteiger partial charge in [-0.15, -0.1) is 10.2 Å². The molecule has 1 aromatic carbocycles. The van der Waals surface area contributed by atoms with E-state index >= 15 is 0 Å². The summed E-state index contributed by atoms with van der Waals surface area (Å²) in [5.74, 6) is 1.81. The summed E-state index contributed by atoms with van der Waals surface area (Å²) in [6.45, 7) is 0. The first-order valence-corrected chi connectivity index (χ1v) is 9.66. The maximum atomic E-state index is 12.0. The molecule has 1 N–H and O–H groups in total. The minimum Gasteiger partial charge on any atom is -0.497 e. The van der Waals surface area contributed by atoms with Crippen LogP contribution in [0.3, 0.4) is 0 Å². The molecular weight excluding hydrogens is 350 g/mol. The molecule has 138 valence electrons. The number of rotatable bonds is 7. The minimum atomic E-state index is 0.0598. The molecule has 3 rings (SSSR count). The number of methoxy groups -OCH3 is 2. The van der Waals surface area contributed by atoms with Crippen LogP contribution in [0.25, 0.3) is 11.3 Å². The second kappa shape index (κ2) is 8.89. The number of benzene rings is 1. The molecule has 1 amide bonds. The monoisotopic (exact) mass is 373 g/mol. The Hall–Kier alpha value is -2.28. The van der Waals surface area contributed by atoms with Crippen molar-refractivity contribution < 1.29 is 14.3 Å². The zero-order chi connectivity index (χ0) is 18.4. The average Bonchev–Trinajstić information content (AvgIpc) is 3.19. The fourth-order valence-corrected chi connectivity index (χ4v) is 3.65. The largest absolute Gasteiger partial charge is 0.497 e. The third-order valence-electron chi connectivity index (χ3n) is 4.40. The van der Waals surface area contributed by atoms with Gasteiger partial charge in [0, 0.05) is 17.7 Å². The van der Waals surface area contributed by atoms with Crippen LogP contribution in [0.5, 0.6) is 11.5 Å². The van der Waals surface area contributed by atoms with Crippen molar-refractivity contribution in [2.24, 2.45) is 0 Å². The van der Waals surface area contributed by atoms with Crippen LogP contribution >= 0.6 is 11.8 Å². The second-order valence-electron chi connectivity index (χ2n) is 6.16. The Morgan fingerprint density at radius 3 is 2.62 bits per heavy atom. The highest BCUT2D eigenvalue weighted by Crippen LogP contribution is 2.32. The van der Waals surface area contributed by atoms with E-state index in [0.717, 1.165) is 29.2 Å². The number of nitrogens with zero attached hydrogens (tertiary/aromatic N) is 2. The van der Waals surface area contributed by atoms with Crippen LogP contribution in [0.4, 0.5) is 0 Å². The number of aromatic nitrogens is 2. The summed E-state index contributed by atoms with van der Waals surface area (Å²) in [7, 11) is 3.22. The van der Waals surface area contributed by atoms with Gasteiger partial charge in [-0.3, -0.25) is 4.79 Å². The van der Waals surface area contributed by atoms with Gasteiger partial charge in [-0.05, 0) is 37.1 Å². The van der Waals surface area contributed by atoms with E-state index in [4.69, 9.17) is 9.47 Å². The Balaban J connectivity index is 1.60. The van der Waals surface area contributed by atoms with Crippen LogP contribution in [-0.4, -0.2) is 42.1 Å². The van der Waals surface area contributed by atoms with Crippen LogP contribution in [0, 0.1) is 0 Å². The average molecular weight is 373 g/mol. The fourth-order valence-electron chi connectivity index (χ4n) is 3.03. The Kier molecular flexibility index (Phi) is 6.33. The fraction of sp³-hybridized carbons (Fsp3) is 0.421. The lowest BCUT2D eigenvalue weighted by Gasteiger charge is -2.11. The Morgan fingerprint density at radius 1 is 1.15 bits per heavy atom. The van der Waals surface area contributed by atoms with Crippen LogP contribution in [0.15, 0.2) is 35.4 Å². The lowest BCUT2D eigenvalue weighted by molar-refractivity contribution is -0.119. The SMILES string of the molecule is COc1ccc(-c2ccc(SCC(=O)NC3CCCC3)nn2)c(OC)c1. The number of carbonyl (C=O) groups excluding carboxylic acids is 1. The summed E-state index contributed by atoms with van der Waals surface area (Å²) in [6, 6.07) is 9.67. The van der Waals surface area contributed by atoms with E-state index in [2.05, 4.69) is 15.5 Å². The van der Waals surface area contributed by atoms with Crippen molar-refractivity contribution >= 4 is 17.7 Å². The molecule has 1 aliphatic carbocycles. The molecule has 0 spiro atoms. The number of hydrogen-bond acceptors (Lipinski definition) is 6. The number of amides is 1. The number of carbonyl (C=O) groups is 1. The van der Waals surface area contributed by atoms with Crippen LogP contribution in [0.2, 0.25) is 0 Å². The van der Waals surface area contributed by atoms with Gasteiger partial charge in [0.1, 0.15) is 16.5 Å². The third kappa shape index (κ3) is 4.66. The normalized spacial score (nSPS) is 14.2. The highest BCUT2D eigenvalue weighted by atomic mass is 32.2. The Morgan fingerprint density at radius 2 is 1.96 bits per heavy atom. The van der Waals surface area contributed by atoms with Crippen LogP contribution < -0.4 is 14.8 Å². The zero-order valence-electron chi connectivity index (χ0n) is 15.0. The molecule has 1 saturated carbocycles. The van der Waals surface area contributed by atoms with Crippen molar-refractivity contribution in [3.05, 3.63) is 30.3 Å². The standard InChI is InChI=1S/C19H23N3O3S/c1-24-14-7-8-15(17(11-14)25-2)16-9-10-19(22-21-16)26-12-18(23)20-13-5-3-4-6-13/h7-11,13H,3-6,12H2,1-2H3,(H,20,23). The number of ether oxygens (including phenoxy) is 2. The van der Waals surface area contributed by atoms with Gasteiger partial charge in [-0.1, -0.05) is 24.6 Å². The van der Waals surface area contributed by atoms with E-state index in [1.54, 1.807) is 14.2 Å². The molecule has 1 aromatic heterocycles. The van der Waals surface area contributed by atoms with Gasteiger partial charge in [0.25, 0.3) is 0 Å². The third-order valence-corrected chi connectivity index (χ3v) is 5.32. The molecule has 2 aromatic rings. The molecule has 7 heteroatoms. The lowest BCUT2D eigenvalue weighted by Crippen LogP contribution is -2.33. The highest BCUT2D eigenvalue weighted by Gasteiger charge is 2.17. The first-order valence-electron chi connectivity index (χ1n) is 8.68. The zero-order valence-corrected chi connectivity index (χ0v) is 15.8. The summed E-state index contributed by atoms with van der Waals surface area (Å²) in [4.78, 5) is 12.0. The van der Waals surface area contributed by atoms with E-state index in [9.17, 15) is 4.79 Å². The van der Waals surface area contributed by atoms with Gasteiger partial charge >= 0.3 is 0 Å². The lowest BCUT2D eigenvalue weighted by atomic mass is 10.1. The molecule has 1 fully saturated rings. The number of thioether (sulfide) groups is 1. The first kappa shape index (κ1) is 18.5. The maximum absolute atomic E-state index is 12.0. The predicted molar refractivity (Wildman–Crippen MR) is 102 cm³/mol. The predicted octanol–water partition coefficient (Wildman–Crippen LogP) is 3.31. The van der Waals surface area contributed by atoms with Crippen molar-refractivity contribution in [1.82, 2.24) is 15.5 Å². The van der Waals surface area contributed by atoms with E-state index in [-0.39, 0.29) is 5.91 Å². The molecule has 1 heterocycles. The smallest absolute Gasteiger partial charge is 0.230 e. The summed E-state index contributed by atoms with van der Waals surface area (Å²) < 4.78 is 10.6. The topological polar surface area (TPSA) is 73.3 Å². The molecule has 0 aliphatic heterocycles. The summed E-state index contributed by atoms with van der Waals surface area (Å²) in [5.41, 5.74) is 1.56. The molecule has 0 saturated heterocycles. The highest BCUT2D eigenvalue weighted by molar-refractivity contribution is 7.99. The van der Waals surface area contributed by atoms with Gasteiger partial charge in [0.15, 0.2) is 0 Å². The molecule has 1 aliphatic rings. The molecule has 0 atom stereocenters. The van der Waals surface area contributed by atoms with Gasteiger partial charge in [-0.2, -0.15) is 0 Å². The molecule has 0 unspecified atom stereocenters. The maximum Gasteiger partial charge on any atom is 0.230 e. The molecule has 0 radical (unpaired) electrons. The molecular formula is C19H23N3O3S. The molecule has 26 heavy (non-hydrogen) atoms. The second-order valence-corrected chi connectivity index (χ2v) is 7.16. The quantitative estimate of drug-likeness (QED) is 0.751. The van der Waals surface area contributed by atoms with E-state index in [1.807, 2.05) is 30.3 Å². The van der Waals surface area contributed by atoms with Gasteiger partial charge in [-0.25, -0.2) is 0 Å². The minimum absolute atomic E-state index is 0.0598. The van der Waals surface area contributed by atoms with Gasteiger partial charge in [0.05, 0.1) is 25.7 Å². The van der Waals surface area contributed by atoms with Crippen molar-refractivity contribution in [3.8, 4) is 22.8 Å². The summed E-state index contributed by atoms with van der Waals surface area (Å²) in [6.07, 6.45) is 4.60.